The molecule has 470 valence electrons. The van der Waals surface area contributed by atoms with E-state index in [1.54, 1.807) is 12.6 Å². The molecule has 0 bridgehead atoms. The smallest absolute Gasteiger partial charge is 0.417 e. The number of piperazine rings is 2. The molecule has 4 N–H and O–H groups in total. The van der Waals surface area contributed by atoms with Gasteiger partial charge in [-0.15, -0.1) is 11.3 Å². The number of aryl methyl sites for hydroxylation is 1. The lowest BCUT2D eigenvalue weighted by Crippen LogP contribution is -2.57. The number of likely N-dealkylation sites (tertiary alicyclic amines) is 1. The van der Waals surface area contributed by atoms with Gasteiger partial charge in [0.2, 0.25) is 29.6 Å². The quantitative estimate of drug-likeness (QED) is 0.0399. The van der Waals surface area contributed by atoms with Crippen LogP contribution in [0.3, 0.4) is 0 Å². The zero-order valence-corrected chi connectivity index (χ0v) is 51.7. The van der Waals surface area contributed by atoms with Gasteiger partial charge in [-0.1, -0.05) is 58.6 Å². The number of aliphatic hydroxyl groups is 1. The predicted octanol–water partition coefficient (Wildman–Crippen LogP) is 9.80. The number of hydrogen-bond donors (Lipinski definition) is 4. The molecular weight excluding hydrogens is 1150 g/mol. The molecule has 3 aliphatic heterocycles. The summed E-state index contributed by atoms with van der Waals surface area (Å²) in [5.74, 6) is -3.11. The second-order valence-corrected chi connectivity index (χ2v) is 25.1. The molecule has 18 nitrogen and oxygen atoms in total. The monoisotopic (exact) mass is 1230 g/mol. The average Bonchev–Trinajstić information content (AvgIpc) is 1.83. The standard InChI is InChI=1S/C63H80F5N11O7S/c1-37-33-78(34-38(2)75(37)8)51-30-49(65)47(29-50(51)73-58(83)46-21-19-43(64)27-48(46)63(66,67)68)42-31-69-61(70-32-42)77-24-22-76(23-25-77)55(82)17-15-13-11-10-12-14-16-54(81)74-57(62(5,6)7)60(85)79-35-44(80)28-52(79)59(84)72-39(3)45-20-18-41(26-53(45)86-9)56-40(4)71-36-87-56/h18-21,26-27,29-32,36-39,44,52,57,80H,10-17,22-25,28,33-35H2,1-9H3,(H,72,84)(H,73,83)(H,74,81)/t37-,38+,39-,44+,52-,57+/m0/s1. The van der Waals surface area contributed by atoms with Gasteiger partial charge in [0, 0.05) is 106 Å². The van der Waals surface area contributed by atoms with Crippen molar-refractivity contribution in [1.82, 2.24) is 40.3 Å². The van der Waals surface area contributed by atoms with Gasteiger partial charge < -0.3 is 45.4 Å². The summed E-state index contributed by atoms with van der Waals surface area (Å²) < 4.78 is 77.9. The van der Waals surface area contributed by atoms with Gasteiger partial charge in [0.1, 0.15) is 29.5 Å². The number of thiazole rings is 1. The van der Waals surface area contributed by atoms with E-state index in [0.717, 1.165) is 59.5 Å². The molecule has 5 heterocycles. The number of carbonyl (C=O) groups is 5. The van der Waals surface area contributed by atoms with Crippen LogP contribution in [0.1, 0.15) is 133 Å². The number of nitrogens with zero attached hydrogens (tertiary/aromatic N) is 8. The number of nitrogens with one attached hydrogen (secondary N) is 3. The molecule has 24 heteroatoms. The number of methoxy groups -OCH3 is 1. The maximum absolute atomic E-state index is 16.2. The zero-order chi connectivity index (χ0) is 63.1. The lowest BCUT2D eigenvalue weighted by atomic mass is 9.85. The highest BCUT2D eigenvalue weighted by Gasteiger charge is 2.45. The van der Waals surface area contributed by atoms with E-state index < -0.39 is 76.3 Å². The number of likely N-dealkylation sites (N-methyl/N-ethyl adjacent to an activating group) is 1. The van der Waals surface area contributed by atoms with Crippen molar-refractivity contribution in [3.63, 3.8) is 0 Å². The number of alkyl halides is 3. The summed E-state index contributed by atoms with van der Waals surface area (Å²) in [6.07, 6.45) is 2.22. The third kappa shape index (κ3) is 16.1. The van der Waals surface area contributed by atoms with E-state index in [2.05, 4.69) is 35.8 Å². The van der Waals surface area contributed by atoms with Crippen molar-refractivity contribution < 1.29 is 55.8 Å². The maximum atomic E-state index is 16.2. The first-order chi connectivity index (χ1) is 41.2. The Labute approximate surface area is 509 Å². The number of carbonyl (C=O) groups excluding carboxylic acids is 5. The van der Waals surface area contributed by atoms with Crippen molar-refractivity contribution in [3.05, 3.63) is 100 Å². The van der Waals surface area contributed by atoms with Gasteiger partial charge in [-0.3, -0.25) is 28.9 Å². The minimum absolute atomic E-state index is 0.00142. The Morgan fingerprint density at radius 2 is 1.46 bits per heavy atom. The van der Waals surface area contributed by atoms with Crippen LogP contribution in [0, 0.1) is 24.0 Å². The SMILES string of the molecule is COc1cc(-c2scnc2C)ccc1[C@H](C)NC(=O)[C@@H]1C[C@@H](O)CN1C(=O)[C@@H](NC(=O)CCCCCCCCC(=O)N1CCN(c2ncc(-c3cc(NC(=O)c4ccc(F)cc4C(F)(F)F)c(N4C[C@@H](C)N(C)[C@@H](C)C4)cc3F)cn2)CC1)C(C)(C)C. The molecule has 0 saturated carbocycles. The minimum Gasteiger partial charge on any atom is -0.496 e. The van der Waals surface area contributed by atoms with E-state index in [9.17, 15) is 46.6 Å². The molecule has 3 saturated heterocycles. The summed E-state index contributed by atoms with van der Waals surface area (Å²) in [5, 5.41) is 19.3. The van der Waals surface area contributed by atoms with E-state index in [4.69, 9.17) is 4.74 Å². The molecule has 3 aromatic carbocycles. The topological polar surface area (TPSA) is 206 Å². The van der Waals surface area contributed by atoms with Gasteiger partial charge in [-0.25, -0.2) is 23.7 Å². The summed E-state index contributed by atoms with van der Waals surface area (Å²) in [6.45, 7) is 15.9. The second kappa shape index (κ2) is 28.2. The summed E-state index contributed by atoms with van der Waals surface area (Å²) in [4.78, 5) is 91.9. The first-order valence-electron chi connectivity index (χ1n) is 29.7. The lowest BCUT2D eigenvalue weighted by molar-refractivity contribution is -0.144. The number of rotatable bonds is 21. The van der Waals surface area contributed by atoms with E-state index in [-0.39, 0.29) is 71.9 Å². The van der Waals surface area contributed by atoms with Crippen LogP contribution in [-0.2, 0) is 25.4 Å². The highest BCUT2D eigenvalue weighted by atomic mass is 32.1. The minimum atomic E-state index is -5.02. The largest absolute Gasteiger partial charge is 0.496 e. The molecule has 0 aliphatic carbocycles. The zero-order valence-electron chi connectivity index (χ0n) is 50.9. The Hall–Kier alpha value is -7.31. The van der Waals surface area contributed by atoms with Crippen LogP contribution in [0.2, 0.25) is 0 Å². The Morgan fingerprint density at radius 3 is 2.08 bits per heavy atom. The Morgan fingerprint density at radius 1 is 0.805 bits per heavy atom. The van der Waals surface area contributed by atoms with Crippen LogP contribution in [0.15, 0.2) is 66.4 Å². The number of ether oxygens (including phenoxy) is 1. The summed E-state index contributed by atoms with van der Waals surface area (Å²) >= 11 is 1.53. The van der Waals surface area contributed by atoms with E-state index in [1.807, 2.05) is 88.4 Å². The highest BCUT2D eigenvalue weighted by Crippen LogP contribution is 2.39. The van der Waals surface area contributed by atoms with Crippen LogP contribution < -0.4 is 30.5 Å². The Bertz CT molecular complexity index is 3250. The van der Waals surface area contributed by atoms with Gasteiger partial charge in [-0.2, -0.15) is 13.2 Å². The number of anilines is 3. The van der Waals surface area contributed by atoms with Crippen molar-refractivity contribution >= 4 is 58.2 Å². The summed E-state index contributed by atoms with van der Waals surface area (Å²) in [6, 6.07) is 7.83. The van der Waals surface area contributed by atoms with Crippen LogP contribution in [0.25, 0.3) is 21.6 Å². The van der Waals surface area contributed by atoms with E-state index >= 15 is 4.39 Å². The molecule has 6 atom stereocenters. The molecule has 5 aromatic rings. The number of β-amino-alcohol motifs (C(OH)–C–C–N with tert-alkyl or cyclic N) is 1. The molecule has 2 aromatic heterocycles. The van der Waals surface area contributed by atoms with Crippen LogP contribution in [-0.4, -0.2) is 155 Å². The molecule has 0 spiro atoms. The van der Waals surface area contributed by atoms with Crippen molar-refractivity contribution in [2.75, 3.05) is 75.1 Å². The van der Waals surface area contributed by atoms with E-state index in [0.29, 0.717) is 70.2 Å². The Balaban J connectivity index is 0.767. The Kier molecular flexibility index (Phi) is 21.3. The number of amides is 5. The van der Waals surface area contributed by atoms with Crippen molar-refractivity contribution in [2.45, 2.75) is 149 Å². The molecule has 87 heavy (non-hydrogen) atoms. The maximum Gasteiger partial charge on any atom is 0.417 e. The molecule has 0 radical (unpaired) electrons. The molecule has 3 fully saturated rings. The van der Waals surface area contributed by atoms with Crippen LogP contribution in [0.5, 0.6) is 5.75 Å². The number of hydrogen-bond acceptors (Lipinski definition) is 14. The average molecular weight is 1230 g/mol. The number of benzene rings is 3. The number of halogens is 5. The molecular formula is C63H80F5N11O7S. The summed E-state index contributed by atoms with van der Waals surface area (Å²) in [7, 11) is 3.53. The fourth-order valence-electron chi connectivity index (χ4n) is 11.6. The summed E-state index contributed by atoms with van der Waals surface area (Å²) in [5.41, 5.74) is 2.02. The van der Waals surface area contributed by atoms with Gasteiger partial charge in [0.05, 0.1) is 57.8 Å². The van der Waals surface area contributed by atoms with Crippen molar-refractivity contribution in [2.24, 2.45) is 5.41 Å². The second-order valence-electron chi connectivity index (χ2n) is 24.2. The van der Waals surface area contributed by atoms with Gasteiger partial charge in [0.15, 0.2) is 0 Å². The third-order valence-electron chi connectivity index (χ3n) is 16.8. The highest BCUT2D eigenvalue weighted by molar-refractivity contribution is 7.13. The fourth-order valence-corrected chi connectivity index (χ4v) is 12.4. The molecule has 0 unspecified atom stereocenters. The van der Waals surface area contributed by atoms with Gasteiger partial charge >= 0.3 is 6.18 Å². The molecule has 3 aliphatic rings. The predicted molar refractivity (Wildman–Crippen MR) is 324 cm³/mol. The van der Waals surface area contributed by atoms with Crippen molar-refractivity contribution in [3.8, 4) is 27.3 Å². The van der Waals surface area contributed by atoms with Gasteiger partial charge in [0.25, 0.3) is 5.91 Å². The number of aliphatic hydroxyl groups excluding tert-OH is 1. The van der Waals surface area contributed by atoms with Crippen molar-refractivity contribution in [1.29, 1.82) is 0 Å². The first kappa shape index (κ1) is 65.7. The third-order valence-corrected chi connectivity index (χ3v) is 17.8. The van der Waals surface area contributed by atoms with Crippen LogP contribution in [0.4, 0.5) is 39.3 Å². The van der Waals surface area contributed by atoms with Crippen LogP contribution >= 0.6 is 11.3 Å². The fraction of sp³-hybridized carbons (Fsp3) is 0.524. The normalized spacial score (nSPS) is 19.2. The van der Waals surface area contributed by atoms with Gasteiger partial charge in [-0.05, 0) is 95.0 Å². The molecule has 5 amide bonds. The first-order valence-corrected chi connectivity index (χ1v) is 30.6. The molecule has 8 rings (SSSR count). The van der Waals surface area contributed by atoms with E-state index in [1.165, 1.54) is 40.8 Å². The number of unbranched alkanes of at least 4 members (excludes halogenated alkanes) is 5. The number of aromatic nitrogens is 3. The lowest BCUT2D eigenvalue weighted by Gasteiger charge is -2.44.